The van der Waals surface area contributed by atoms with Crippen LogP contribution in [0.5, 0.6) is 0 Å². The first kappa shape index (κ1) is 11.5. The average Bonchev–Trinajstić information content (AvgIpc) is 2.00. The SMILES string of the molecule is CS(=O)(=O)OCc1ncc(Br)cc1F. The van der Waals surface area contributed by atoms with Crippen molar-refractivity contribution >= 4 is 26.0 Å². The summed E-state index contributed by atoms with van der Waals surface area (Å²) in [5, 5.41) is 0. The molecule has 78 valence electrons. The molecule has 0 aliphatic heterocycles. The van der Waals surface area contributed by atoms with Gasteiger partial charge in [0.2, 0.25) is 0 Å². The van der Waals surface area contributed by atoms with Crippen LogP contribution >= 0.6 is 15.9 Å². The molecule has 0 radical (unpaired) electrons. The molecule has 7 heteroatoms. The molecule has 0 aliphatic rings. The summed E-state index contributed by atoms with van der Waals surface area (Å²) < 4.78 is 39.1. The van der Waals surface area contributed by atoms with Crippen LogP contribution in [0.25, 0.3) is 0 Å². The lowest BCUT2D eigenvalue weighted by Gasteiger charge is -2.02. The summed E-state index contributed by atoms with van der Waals surface area (Å²) in [7, 11) is -3.57. The minimum atomic E-state index is -3.57. The van der Waals surface area contributed by atoms with Gasteiger partial charge in [-0.05, 0) is 22.0 Å². The largest absolute Gasteiger partial charge is 0.264 e. The van der Waals surface area contributed by atoms with E-state index in [0.29, 0.717) is 4.47 Å². The Balaban J connectivity index is 2.78. The van der Waals surface area contributed by atoms with Crippen molar-refractivity contribution < 1.29 is 17.0 Å². The van der Waals surface area contributed by atoms with Gasteiger partial charge in [-0.1, -0.05) is 0 Å². The van der Waals surface area contributed by atoms with E-state index < -0.39 is 22.5 Å². The van der Waals surface area contributed by atoms with Crippen LogP contribution in [-0.2, 0) is 20.9 Å². The van der Waals surface area contributed by atoms with E-state index in [1.165, 1.54) is 12.3 Å². The van der Waals surface area contributed by atoms with Crippen molar-refractivity contribution in [1.29, 1.82) is 0 Å². The van der Waals surface area contributed by atoms with E-state index in [1.807, 2.05) is 0 Å². The van der Waals surface area contributed by atoms with Crippen LogP contribution in [0.15, 0.2) is 16.7 Å². The summed E-state index contributed by atoms with van der Waals surface area (Å²) >= 11 is 3.03. The van der Waals surface area contributed by atoms with E-state index in [-0.39, 0.29) is 5.69 Å². The Hall–Kier alpha value is -0.530. The molecule has 0 aromatic carbocycles. The number of aromatic nitrogens is 1. The quantitative estimate of drug-likeness (QED) is 0.788. The Morgan fingerprint density at radius 2 is 2.29 bits per heavy atom. The van der Waals surface area contributed by atoms with Crippen molar-refractivity contribution in [2.24, 2.45) is 0 Å². The standard InChI is InChI=1S/C7H7BrFNO3S/c1-14(11,12)13-4-7-6(9)2-5(8)3-10-7/h2-3H,4H2,1H3. The molecule has 1 heterocycles. The number of rotatable bonds is 3. The van der Waals surface area contributed by atoms with Gasteiger partial charge in [-0.2, -0.15) is 8.42 Å². The van der Waals surface area contributed by atoms with Gasteiger partial charge in [-0.15, -0.1) is 0 Å². The molecule has 4 nitrogen and oxygen atoms in total. The van der Waals surface area contributed by atoms with Crippen molar-refractivity contribution in [2.45, 2.75) is 6.61 Å². The summed E-state index contributed by atoms with van der Waals surface area (Å²) in [5.74, 6) is -0.608. The Bertz CT molecular complexity index is 435. The van der Waals surface area contributed by atoms with E-state index in [2.05, 4.69) is 25.1 Å². The second-order valence-corrected chi connectivity index (χ2v) is 5.11. The fourth-order valence-electron chi connectivity index (χ4n) is 0.712. The van der Waals surface area contributed by atoms with Crippen molar-refractivity contribution in [3.63, 3.8) is 0 Å². The summed E-state index contributed by atoms with van der Waals surface area (Å²) in [5.41, 5.74) is -0.0429. The Labute approximate surface area is 89.4 Å². The molecule has 1 aromatic heterocycles. The molecule has 0 atom stereocenters. The zero-order chi connectivity index (χ0) is 10.8. The van der Waals surface area contributed by atoms with Crippen LogP contribution in [0.1, 0.15) is 5.69 Å². The predicted octanol–water partition coefficient (Wildman–Crippen LogP) is 1.46. The number of pyridine rings is 1. The average molecular weight is 284 g/mol. The molecule has 1 aromatic rings. The van der Waals surface area contributed by atoms with Gasteiger partial charge < -0.3 is 0 Å². The molecule has 0 fully saturated rings. The summed E-state index contributed by atoms with van der Waals surface area (Å²) in [6, 6.07) is 1.19. The lowest BCUT2D eigenvalue weighted by atomic mass is 10.3. The van der Waals surface area contributed by atoms with Gasteiger partial charge in [-0.25, -0.2) is 4.39 Å². The van der Waals surface area contributed by atoms with E-state index in [9.17, 15) is 12.8 Å². The molecule has 0 bridgehead atoms. The van der Waals surface area contributed by atoms with Gasteiger partial charge in [0.15, 0.2) is 0 Å². The lowest BCUT2D eigenvalue weighted by molar-refractivity contribution is 0.300. The van der Waals surface area contributed by atoms with Crippen molar-refractivity contribution in [2.75, 3.05) is 6.26 Å². The van der Waals surface area contributed by atoms with Crippen LogP contribution in [0.2, 0.25) is 0 Å². The number of halogens is 2. The molecule has 14 heavy (non-hydrogen) atoms. The summed E-state index contributed by atoms with van der Waals surface area (Å²) in [6.07, 6.45) is 2.26. The minimum Gasteiger partial charge on any atom is -0.264 e. The maximum absolute atomic E-state index is 13.1. The first-order valence-electron chi connectivity index (χ1n) is 3.53. The zero-order valence-electron chi connectivity index (χ0n) is 7.20. The van der Waals surface area contributed by atoms with Crippen LogP contribution in [-0.4, -0.2) is 19.7 Å². The van der Waals surface area contributed by atoms with E-state index in [1.54, 1.807) is 0 Å². The molecular weight excluding hydrogens is 277 g/mol. The number of nitrogens with zero attached hydrogens (tertiary/aromatic N) is 1. The topological polar surface area (TPSA) is 56.3 Å². The maximum Gasteiger partial charge on any atom is 0.264 e. The molecule has 0 aliphatic carbocycles. The highest BCUT2D eigenvalue weighted by Gasteiger charge is 2.08. The van der Waals surface area contributed by atoms with Gasteiger partial charge >= 0.3 is 0 Å². The molecule has 0 saturated carbocycles. The predicted molar refractivity (Wildman–Crippen MR) is 51.5 cm³/mol. The third kappa shape index (κ3) is 3.69. The molecule has 0 spiro atoms. The Kier molecular flexibility index (Phi) is 3.57. The third-order valence-corrected chi connectivity index (χ3v) is 2.27. The lowest BCUT2D eigenvalue weighted by Crippen LogP contribution is -2.05. The Morgan fingerprint density at radius 3 is 2.79 bits per heavy atom. The van der Waals surface area contributed by atoms with Crippen LogP contribution in [0.3, 0.4) is 0 Å². The summed E-state index contributed by atoms with van der Waals surface area (Å²) in [6.45, 7) is -0.391. The maximum atomic E-state index is 13.1. The normalized spacial score (nSPS) is 11.6. The molecule has 0 unspecified atom stereocenters. The minimum absolute atomic E-state index is 0.0429. The molecule has 1 rings (SSSR count). The first-order valence-corrected chi connectivity index (χ1v) is 6.14. The molecule has 0 saturated heterocycles. The van der Waals surface area contributed by atoms with Gasteiger partial charge in [0.25, 0.3) is 10.1 Å². The fourth-order valence-corrected chi connectivity index (χ4v) is 1.34. The molecular formula is C7H7BrFNO3S. The van der Waals surface area contributed by atoms with Gasteiger partial charge in [0.05, 0.1) is 6.26 Å². The molecule has 0 N–H and O–H groups in total. The Morgan fingerprint density at radius 1 is 1.64 bits per heavy atom. The van der Waals surface area contributed by atoms with Crippen LogP contribution in [0, 0.1) is 5.82 Å². The number of hydrogen-bond donors (Lipinski definition) is 0. The highest BCUT2D eigenvalue weighted by molar-refractivity contribution is 9.10. The van der Waals surface area contributed by atoms with Gasteiger partial charge in [0, 0.05) is 10.7 Å². The van der Waals surface area contributed by atoms with Crippen LogP contribution < -0.4 is 0 Å². The van der Waals surface area contributed by atoms with Crippen molar-refractivity contribution in [1.82, 2.24) is 4.98 Å². The number of hydrogen-bond acceptors (Lipinski definition) is 4. The smallest absolute Gasteiger partial charge is 0.264 e. The molecule has 0 amide bonds. The second-order valence-electron chi connectivity index (χ2n) is 2.55. The first-order chi connectivity index (χ1) is 6.38. The van der Waals surface area contributed by atoms with E-state index in [0.717, 1.165) is 6.26 Å². The highest BCUT2D eigenvalue weighted by atomic mass is 79.9. The van der Waals surface area contributed by atoms with E-state index in [4.69, 9.17) is 0 Å². The van der Waals surface area contributed by atoms with Crippen molar-refractivity contribution in [3.05, 3.63) is 28.2 Å². The zero-order valence-corrected chi connectivity index (χ0v) is 9.60. The highest BCUT2D eigenvalue weighted by Crippen LogP contribution is 2.13. The van der Waals surface area contributed by atoms with Crippen molar-refractivity contribution in [3.8, 4) is 0 Å². The van der Waals surface area contributed by atoms with Gasteiger partial charge in [0.1, 0.15) is 18.1 Å². The third-order valence-electron chi connectivity index (χ3n) is 1.29. The van der Waals surface area contributed by atoms with Gasteiger partial charge in [-0.3, -0.25) is 9.17 Å². The summed E-state index contributed by atoms with van der Waals surface area (Å²) in [4.78, 5) is 3.67. The monoisotopic (exact) mass is 283 g/mol. The van der Waals surface area contributed by atoms with Crippen LogP contribution in [0.4, 0.5) is 4.39 Å². The second kappa shape index (κ2) is 4.33. The fraction of sp³-hybridized carbons (Fsp3) is 0.286. The van der Waals surface area contributed by atoms with E-state index >= 15 is 0 Å².